The SMILES string of the molecule is CCC1(C(=O)Nc2ccc(C)c(O)c2)CCNCC1. The molecule has 1 aliphatic heterocycles. The Morgan fingerprint density at radius 1 is 1.42 bits per heavy atom. The molecule has 19 heavy (non-hydrogen) atoms. The van der Waals surface area contributed by atoms with Crippen LogP contribution in [0, 0.1) is 12.3 Å². The fraction of sp³-hybridized carbons (Fsp3) is 0.533. The van der Waals surface area contributed by atoms with Gasteiger partial charge >= 0.3 is 0 Å². The zero-order valence-corrected chi connectivity index (χ0v) is 11.6. The molecule has 0 aliphatic carbocycles. The molecular weight excluding hydrogens is 240 g/mol. The van der Waals surface area contributed by atoms with E-state index in [1.54, 1.807) is 6.07 Å². The first kappa shape index (κ1) is 13.9. The third kappa shape index (κ3) is 2.89. The fourth-order valence-corrected chi connectivity index (χ4v) is 2.60. The number of amides is 1. The van der Waals surface area contributed by atoms with Gasteiger partial charge in [0.15, 0.2) is 0 Å². The Balaban J connectivity index is 2.12. The summed E-state index contributed by atoms with van der Waals surface area (Å²) in [7, 11) is 0. The predicted octanol–water partition coefficient (Wildman–Crippen LogP) is 2.42. The topological polar surface area (TPSA) is 61.4 Å². The maximum Gasteiger partial charge on any atom is 0.230 e. The molecule has 0 radical (unpaired) electrons. The summed E-state index contributed by atoms with van der Waals surface area (Å²) < 4.78 is 0. The molecule has 0 saturated carbocycles. The van der Waals surface area contributed by atoms with E-state index in [2.05, 4.69) is 17.6 Å². The maximum atomic E-state index is 12.5. The number of carbonyl (C=O) groups is 1. The smallest absolute Gasteiger partial charge is 0.230 e. The number of nitrogens with one attached hydrogen (secondary N) is 2. The van der Waals surface area contributed by atoms with Crippen LogP contribution in [0.1, 0.15) is 31.7 Å². The summed E-state index contributed by atoms with van der Waals surface area (Å²) in [5.41, 5.74) is 1.20. The molecule has 1 aromatic rings. The van der Waals surface area contributed by atoms with Crippen LogP contribution in [0.4, 0.5) is 5.69 Å². The number of hydrogen-bond acceptors (Lipinski definition) is 3. The monoisotopic (exact) mass is 262 g/mol. The van der Waals surface area contributed by atoms with Gasteiger partial charge in [0.05, 0.1) is 5.41 Å². The highest BCUT2D eigenvalue weighted by Gasteiger charge is 2.37. The highest BCUT2D eigenvalue weighted by Crippen LogP contribution is 2.34. The number of phenols is 1. The molecule has 0 atom stereocenters. The predicted molar refractivity (Wildman–Crippen MR) is 76.3 cm³/mol. The molecule has 1 fully saturated rings. The first-order chi connectivity index (χ1) is 9.07. The molecule has 1 amide bonds. The Kier molecular flexibility index (Phi) is 4.10. The van der Waals surface area contributed by atoms with E-state index < -0.39 is 0 Å². The lowest BCUT2D eigenvalue weighted by Gasteiger charge is -2.35. The van der Waals surface area contributed by atoms with Crippen LogP contribution < -0.4 is 10.6 Å². The maximum absolute atomic E-state index is 12.5. The zero-order chi connectivity index (χ0) is 13.9. The van der Waals surface area contributed by atoms with Crippen molar-refractivity contribution in [3.63, 3.8) is 0 Å². The Labute approximate surface area is 114 Å². The molecule has 3 N–H and O–H groups in total. The van der Waals surface area contributed by atoms with E-state index in [1.165, 1.54) is 0 Å². The first-order valence-electron chi connectivity index (χ1n) is 6.89. The average Bonchev–Trinajstić information content (AvgIpc) is 2.43. The van der Waals surface area contributed by atoms with E-state index in [0.717, 1.165) is 37.9 Å². The van der Waals surface area contributed by atoms with Crippen molar-refractivity contribution in [2.75, 3.05) is 18.4 Å². The van der Waals surface area contributed by atoms with Crippen molar-refractivity contribution in [1.29, 1.82) is 0 Å². The lowest BCUT2D eigenvalue weighted by atomic mass is 9.76. The minimum absolute atomic E-state index is 0.0692. The van der Waals surface area contributed by atoms with E-state index in [4.69, 9.17) is 0 Å². The minimum atomic E-state index is -0.272. The Morgan fingerprint density at radius 2 is 2.11 bits per heavy atom. The fourth-order valence-electron chi connectivity index (χ4n) is 2.60. The Morgan fingerprint density at radius 3 is 2.68 bits per heavy atom. The highest BCUT2D eigenvalue weighted by atomic mass is 16.3. The summed E-state index contributed by atoms with van der Waals surface area (Å²) in [6.07, 6.45) is 2.58. The van der Waals surface area contributed by atoms with Gasteiger partial charge in [0.25, 0.3) is 0 Å². The number of rotatable bonds is 3. The second kappa shape index (κ2) is 5.61. The van der Waals surface area contributed by atoms with Crippen molar-refractivity contribution in [2.24, 2.45) is 5.41 Å². The van der Waals surface area contributed by atoms with Crippen LogP contribution in [0.2, 0.25) is 0 Å². The van der Waals surface area contributed by atoms with Crippen LogP contribution in [-0.4, -0.2) is 24.1 Å². The van der Waals surface area contributed by atoms with E-state index in [9.17, 15) is 9.90 Å². The molecule has 1 aliphatic rings. The van der Waals surface area contributed by atoms with Gasteiger partial charge in [-0.15, -0.1) is 0 Å². The van der Waals surface area contributed by atoms with Crippen molar-refractivity contribution < 1.29 is 9.90 Å². The number of benzene rings is 1. The number of phenolic OH excluding ortho intramolecular Hbond substituents is 1. The molecule has 0 spiro atoms. The molecule has 1 heterocycles. The van der Waals surface area contributed by atoms with Crippen molar-refractivity contribution in [2.45, 2.75) is 33.1 Å². The van der Waals surface area contributed by atoms with Crippen LogP contribution in [0.15, 0.2) is 18.2 Å². The summed E-state index contributed by atoms with van der Waals surface area (Å²) >= 11 is 0. The van der Waals surface area contributed by atoms with E-state index >= 15 is 0 Å². The largest absolute Gasteiger partial charge is 0.508 e. The lowest BCUT2D eigenvalue weighted by Crippen LogP contribution is -2.44. The van der Waals surface area contributed by atoms with Gasteiger partial charge in [-0.25, -0.2) is 0 Å². The highest BCUT2D eigenvalue weighted by molar-refractivity contribution is 5.95. The number of hydrogen-bond donors (Lipinski definition) is 3. The van der Waals surface area contributed by atoms with Crippen LogP contribution in [0.3, 0.4) is 0 Å². The average molecular weight is 262 g/mol. The molecule has 0 unspecified atom stereocenters. The molecule has 4 heteroatoms. The standard InChI is InChI=1S/C15H22N2O2/c1-3-15(6-8-16-9-7-15)14(19)17-12-5-4-11(2)13(18)10-12/h4-5,10,16,18H,3,6-9H2,1-2H3,(H,17,19). The van der Waals surface area contributed by atoms with Gasteiger partial charge in [-0.05, 0) is 50.9 Å². The van der Waals surface area contributed by atoms with Gasteiger partial charge in [-0.1, -0.05) is 13.0 Å². The molecular formula is C15H22N2O2. The van der Waals surface area contributed by atoms with Gasteiger partial charge in [0, 0.05) is 11.8 Å². The van der Waals surface area contributed by atoms with Crippen molar-refractivity contribution >= 4 is 11.6 Å². The summed E-state index contributed by atoms with van der Waals surface area (Å²) in [6, 6.07) is 5.25. The van der Waals surface area contributed by atoms with E-state index in [1.807, 2.05) is 19.1 Å². The molecule has 104 valence electrons. The molecule has 1 saturated heterocycles. The Hall–Kier alpha value is -1.55. The molecule has 2 rings (SSSR count). The quantitative estimate of drug-likeness (QED) is 0.784. The summed E-state index contributed by atoms with van der Waals surface area (Å²) in [5, 5.41) is 15.9. The normalized spacial score (nSPS) is 18.0. The van der Waals surface area contributed by atoms with Crippen molar-refractivity contribution in [1.82, 2.24) is 5.32 Å². The second-order valence-electron chi connectivity index (χ2n) is 5.34. The number of aryl methyl sites for hydroxylation is 1. The van der Waals surface area contributed by atoms with Gasteiger partial charge in [0.2, 0.25) is 5.91 Å². The molecule has 0 bridgehead atoms. The first-order valence-corrected chi connectivity index (χ1v) is 6.89. The van der Waals surface area contributed by atoms with Crippen LogP contribution >= 0.6 is 0 Å². The van der Waals surface area contributed by atoms with Crippen LogP contribution in [-0.2, 0) is 4.79 Å². The van der Waals surface area contributed by atoms with E-state index in [-0.39, 0.29) is 17.1 Å². The lowest BCUT2D eigenvalue weighted by molar-refractivity contribution is -0.127. The van der Waals surface area contributed by atoms with Crippen molar-refractivity contribution in [3.8, 4) is 5.75 Å². The zero-order valence-electron chi connectivity index (χ0n) is 11.6. The molecule has 4 nitrogen and oxygen atoms in total. The molecule has 1 aromatic carbocycles. The Bertz CT molecular complexity index is 465. The minimum Gasteiger partial charge on any atom is -0.508 e. The third-order valence-electron chi connectivity index (χ3n) is 4.19. The number of aromatic hydroxyl groups is 1. The van der Waals surface area contributed by atoms with Gasteiger partial charge in [0.1, 0.15) is 5.75 Å². The van der Waals surface area contributed by atoms with Gasteiger partial charge in [-0.2, -0.15) is 0 Å². The van der Waals surface area contributed by atoms with Crippen LogP contribution in [0.25, 0.3) is 0 Å². The summed E-state index contributed by atoms with van der Waals surface area (Å²) in [4.78, 5) is 12.5. The molecule has 0 aromatic heterocycles. The number of anilines is 1. The van der Waals surface area contributed by atoms with Gasteiger partial charge < -0.3 is 15.7 Å². The summed E-state index contributed by atoms with van der Waals surface area (Å²) in [5.74, 6) is 0.286. The summed E-state index contributed by atoms with van der Waals surface area (Å²) in [6.45, 7) is 5.68. The van der Waals surface area contributed by atoms with Gasteiger partial charge in [-0.3, -0.25) is 4.79 Å². The number of piperidine rings is 1. The van der Waals surface area contributed by atoms with Crippen molar-refractivity contribution in [3.05, 3.63) is 23.8 Å². The third-order valence-corrected chi connectivity index (χ3v) is 4.19. The van der Waals surface area contributed by atoms with E-state index in [0.29, 0.717) is 5.69 Å². The number of carbonyl (C=O) groups excluding carboxylic acids is 1. The second-order valence-corrected chi connectivity index (χ2v) is 5.34. The van der Waals surface area contributed by atoms with Crippen LogP contribution in [0.5, 0.6) is 5.75 Å².